The molecule has 4 heterocycles. The molecule has 0 spiro atoms. The van der Waals surface area contributed by atoms with Crippen LogP contribution in [0.3, 0.4) is 0 Å². The molecule has 0 unspecified atom stereocenters. The van der Waals surface area contributed by atoms with Gasteiger partial charge in [0, 0.05) is 36.8 Å². The van der Waals surface area contributed by atoms with Crippen LogP contribution in [0.1, 0.15) is 28.9 Å². The number of carbonyl (C=O) groups excluding carboxylic acids is 2. The number of benzene rings is 1. The maximum Gasteiger partial charge on any atom is 0.409 e. The molecule has 38 heavy (non-hydrogen) atoms. The molecular weight excluding hydrogens is 490 g/mol. The molecule has 13 heteroatoms. The molecule has 3 aromatic heterocycles. The van der Waals surface area contributed by atoms with E-state index < -0.39 is 0 Å². The normalized spacial score (nSPS) is 13.4. The fourth-order valence-electron chi connectivity index (χ4n) is 4.11. The number of tetrazole rings is 1. The van der Waals surface area contributed by atoms with Crippen molar-refractivity contribution in [3.63, 3.8) is 0 Å². The molecule has 1 aromatic carbocycles. The van der Waals surface area contributed by atoms with Crippen molar-refractivity contribution in [2.24, 2.45) is 0 Å². The van der Waals surface area contributed by atoms with E-state index in [1.54, 1.807) is 35.8 Å². The van der Waals surface area contributed by atoms with Crippen molar-refractivity contribution in [2.45, 2.75) is 19.9 Å². The molecule has 2 N–H and O–H groups in total. The monoisotopic (exact) mass is 519 g/mol. The Labute approximate surface area is 218 Å². The van der Waals surface area contributed by atoms with Gasteiger partial charge in [0.05, 0.1) is 43.6 Å². The van der Waals surface area contributed by atoms with E-state index in [4.69, 9.17) is 9.47 Å². The number of likely N-dealkylation sites (tertiary alicyclic amines) is 1. The van der Waals surface area contributed by atoms with Crippen LogP contribution in [0.2, 0.25) is 0 Å². The highest BCUT2D eigenvalue weighted by atomic mass is 16.6. The highest BCUT2D eigenvalue weighted by molar-refractivity contribution is 6.09. The molecule has 0 bridgehead atoms. The van der Waals surface area contributed by atoms with Gasteiger partial charge < -0.3 is 25.0 Å². The summed E-state index contributed by atoms with van der Waals surface area (Å²) in [6.07, 6.45) is 3.01. The molecule has 4 aromatic rings. The molecule has 198 valence electrons. The number of pyridine rings is 1. The Morgan fingerprint density at radius 2 is 2.03 bits per heavy atom. The van der Waals surface area contributed by atoms with Crippen LogP contribution in [-0.4, -0.2) is 86.7 Å². The zero-order valence-corrected chi connectivity index (χ0v) is 21.4. The van der Waals surface area contributed by atoms with Crippen molar-refractivity contribution in [1.29, 1.82) is 0 Å². The number of ether oxygens (including phenoxy) is 2. The summed E-state index contributed by atoms with van der Waals surface area (Å²) in [5.41, 5.74) is 4.23. The third kappa shape index (κ3) is 5.13. The topological polar surface area (TPSA) is 141 Å². The number of rotatable bonds is 9. The van der Waals surface area contributed by atoms with Gasteiger partial charge in [-0.2, -0.15) is 9.90 Å². The summed E-state index contributed by atoms with van der Waals surface area (Å²) in [6, 6.07) is 9.31. The second kappa shape index (κ2) is 10.8. The summed E-state index contributed by atoms with van der Waals surface area (Å²) in [6.45, 7) is 6.17. The predicted molar refractivity (Wildman–Crippen MR) is 139 cm³/mol. The molecule has 13 nitrogen and oxygen atoms in total. The highest BCUT2D eigenvalue weighted by Gasteiger charge is 2.34. The number of methoxy groups -OCH3 is 1. The highest BCUT2D eigenvalue weighted by Crippen LogP contribution is 2.26. The summed E-state index contributed by atoms with van der Waals surface area (Å²) >= 11 is 0. The largest absolute Gasteiger partial charge is 0.450 e. The number of carbonyl (C=O) groups is 2. The summed E-state index contributed by atoms with van der Waals surface area (Å²) < 4.78 is 11.8. The number of anilines is 2. The molecule has 1 fully saturated rings. The van der Waals surface area contributed by atoms with Gasteiger partial charge >= 0.3 is 6.09 Å². The fraction of sp³-hybridized carbons (Fsp3) is 0.360. The van der Waals surface area contributed by atoms with E-state index in [1.165, 1.54) is 4.80 Å². The average molecular weight is 520 g/mol. The first-order valence-electron chi connectivity index (χ1n) is 12.3. The van der Waals surface area contributed by atoms with E-state index in [1.807, 2.05) is 37.3 Å². The lowest BCUT2D eigenvalue weighted by molar-refractivity contribution is 0.0523. The van der Waals surface area contributed by atoms with Crippen molar-refractivity contribution in [2.75, 3.05) is 50.6 Å². The van der Waals surface area contributed by atoms with Gasteiger partial charge in [0.1, 0.15) is 6.04 Å². The van der Waals surface area contributed by atoms with Crippen LogP contribution in [0.25, 0.3) is 16.9 Å². The van der Waals surface area contributed by atoms with Crippen molar-refractivity contribution in [3.8, 4) is 11.4 Å². The van der Waals surface area contributed by atoms with Crippen molar-refractivity contribution >= 4 is 28.9 Å². The van der Waals surface area contributed by atoms with E-state index in [-0.39, 0.29) is 18.0 Å². The molecule has 1 aliphatic heterocycles. The minimum absolute atomic E-state index is 0.0604. The van der Waals surface area contributed by atoms with Crippen LogP contribution >= 0.6 is 0 Å². The summed E-state index contributed by atoms with van der Waals surface area (Å²) in [4.78, 5) is 28.1. The molecule has 2 amide bonds. The predicted octanol–water partition coefficient (Wildman–Crippen LogP) is 2.62. The summed E-state index contributed by atoms with van der Waals surface area (Å²) in [5, 5.41) is 23.4. The summed E-state index contributed by atoms with van der Waals surface area (Å²) in [5.74, 6) is 0.150. The van der Waals surface area contributed by atoms with Gasteiger partial charge in [0.15, 0.2) is 0 Å². The standard InChI is InChI=1S/C25H29N9O4/c1-4-38-25(36)32-14-19(15-32)34-30-23(29-31-34)17-6-5-16(2)21(11-17)28-24(35)20-13-27-33-9-7-18(12-22(20)33)26-8-10-37-3/h5-7,9,11-13,19,26H,4,8,10,14-15H2,1-3H3,(H,28,35). The smallest absolute Gasteiger partial charge is 0.409 e. The molecule has 0 aliphatic carbocycles. The van der Waals surface area contributed by atoms with Crippen molar-refractivity contribution < 1.29 is 19.1 Å². The Bertz CT molecular complexity index is 1460. The van der Waals surface area contributed by atoms with Gasteiger partial charge in [0.2, 0.25) is 5.82 Å². The first kappa shape index (κ1) is 25.1. The van der Waals surface area contributed by atoms with Crippen molar-refractivity contribution in [3.05, 3.63) is 53.9 Å². The summed E-state index contributed by atoms with van der Waals surface area (Å²) in [7, 11) is 1.65. The number of hydrogen-bond acceptors (Lipinski definition) is 9. The van der Waals surface area contributed by atoms with Gasteiger partial charge in [-0.25, -0.2) is 9.31 Å². The van der Waals surface area contributed by atoms with Gasteiger partial charge in [-0.05, 0) is 42.8 Å². The molecule has 5 rings (SSSR count). The molecule has 0 atom stereocenters. The van der Waals surface area contributed by atoms with Crippen LogP contribution in [0.5, 0.6) is 0 Å². The van der Waals surface area contributed by atoms with E-state index in [2.05, 4.69) is 31.1 Å². The van der Waals surface area contributed by atoms with Crippen LogP contribution in [0, 0.1) is 6.92 Å². The maximum atomic E-state index is 13.2. The zero-order chi connectivity index (χ0) is 26.6. The second-order valence-electron chi connectivity index (χ2n) is 8.90. The molecule has 1 aliphatic rings. The lowest BCUT2D eigenvalue weighted by Crippen LogP contribution is -2.51. The Hall–Kier alpha value is -4.52. The quantitative estimate of drug-likeness (QED) is 0.319. The lowest BCUT2D eigenvalue weighted by Gasteiger charge is -2.36. The molecule has 0 radical (unpaired) electrons. The number of nitrogens with zero attached hydrogens (tertiary/aromatic N) is 7. The zero-order valence-electron chi connectivity index (χ0n) is 21.4. The average Bonchev–Trinajstić information content (AvgIpc) is 3.52. The third-order valence-electron chi connectivity index (χ3n) is 6.29. The Kier molecular flexibility index (Phi) is 7.18. The maximum absolute atomic E-state index is 13.2. The van der Waals surface area contributed by atoms with E-state index in [0.29, 0.717) is 61.0 Å². The number of fused-ring (bicyclic) bond motifs is 1. The lowest BCUT2D eigenvalue weighted by atomic mass is 10.1. The van der Waals surface area contributed by atoms with E-state index in [0.717, 1.165) is 11.3 Å². The van der Waals surface area contributed by atoms with Gasteiger partial charge in [0.25, 0.3) is 5.91 Å². The minimum Gasteiger partial charge on any atom is -0.450 e. The van der Waals surface area contributed by atoms with Crippen LogP contribution in [0.4, 0.5) is 16.2 Å². The van der Waals surface area contributed by atoms with Gasteiger partial charge in [-0.15, -0.1) is 10.2 Å². The Morgan fingerprint density at radius 3 is 2.82 bits per heavy atom. The minimum atomic E-state index is -0.340. The molecule has 0 saturated carbocycles. The fourth-order valence-corrected chi connectivity index (χ4v) is 4.11. The van der Waals surface area contributed by atoms with Crippen LogP contribution < -0.4 is 10.6 Å². The first-order valence-corrected chi connectivity index (χ1v) is 12.3. The second-order valence-corrected chi connectivity index (χ2v) is 8.90. The third-order valence-corrected chi connectivity index (χ3v) is 6.29. The molecular formula is C25H29N9O4. The first-order chi connectivity index (χ1) is 18.5. The number of aromatic nitrogens is 6. The van der Waals surface area contributed by atoms with Crippen molar-refractivity contribution in [1.82, 2.24) is 34.7 Å². The molecule has 1 saturated heterocycles. The number of amides is 2. The van der Waals surface area contributed by atoms with Gasteiger partial charge in [-0.1, -0.05) is 12.1 Å². The number of hydrogen-bond donors (Lipinski definition) is 2. The Morgan fingerprint density at radius 1 is 1.18 bits per heavy atom. The number of nitrogens with one attached hydrogen (secondary N) is 2. The SMILES string of the molecule is CCOC(=O)N1CC(n2nnc(-c3ccc(C)c(NC(=O)c4cnn5ccc(NCCOC)cc45)c3)n2)C1. The van der Waals surface area contributed by atoms with Crippen LogP contribution in [0.15, 0.2) is 42.7 Å². The van der Waals surface area contributed by atoms with Gasteiger partial charge in [-0.3, -0.25) is 4.79 Å². The van der Waals surface area contributed by atoms with E-state index in [9.17, 15) is 9.59 Å². The number of aryl methyl sites for hydroxylation is 1. The Balaban J connectivity index is 1.29. The van der Waals surface area contributed by atoms with E-state index >= 15 is 0 Å². The van der Waals surface area contributed by atoms with Crippen LogP contribution in [-0.2, 0) is 9.47 Å².